The fourth-order valence-electron chi connectivity index (χ4n) is 1.95. The summed E-state index contributed by atoms with van der Waals surface area (Å²) in [6.07, 6.45) is 2.20. The number of phenols is 1. The van der Waals surface area contributed by atoms with Crippen molar-refractivity contribution in [2.45, 2.75) is 51.2 Å². The van der Waals surface area contributed by atoms with Gasteiger partial charge in [-0.25, -0.2) is 4.79 Å². The van der Waals surface area contributed by atoms with Crippen molar-refractivity contribution >= 4 is 11.8 Å². The fourth-order valence-corrected chi connectivity index (χ4v) is 1.95. The molecule has 1 aromatic carbocycles. The molecule has 0 heterocycles. The highest BCUT2D eigenvalue weighted by molar-refractivity contribution is 5.87. The first-order valence-corrected chi connectivity index (χ1v) is 6.78. The van der Waals surface area contributed by atoms with Gasteiger partial charge in [-0.15, -0.1) is 0 Å². The lowest BCUT2D eigenvalue weighted by Crippen LogP contribution is -2.27. The second-order valence-corrected chi connectivity index (χ2v) is 6.52. The fraction of sp³-hybridized carbons (Fsp3) is 0.533. The summed E-state index contributed by atoms with van der Waals surface area (Å²) in [4.78, 5) is 11.7. The predicted molar refractivity (Wildman–Crippen MR) is 77.8 cm³/mol. The summed E-state index contributed by atoms with van der Waals surface area (Å²) in [5.41, 5.74) is 6.73. The van der Waals surface area contributed by atoms with E-state index in [1.807, 2.05) is 6.07 Å². The Hall–Kier alpha value is -1.75. The summed E-state index contributed by atoms with van der Waals surface area (Å²) < 4.78 is 5.16. The molecule has 5 nitrogen and oxygen atoms in total. The molecule has 0 aromatic heterocycles. The van der Waals surface area contributed by atoms with Gasteiger partial charge in [0.2, 0.25) is 0 Å². The van der Waals surface area contributed by atoms with Crippen molar-refractivity contribution in [3.8, 4) is 5.75 Å². The van der Waals surface area contributed by atoms with Gasteiger partial charge >= 0.3 is 6.09 Å². The van der Waals surface area contributed by atoms with Gasteiger partial charge < -0.3 is 15.6 Å². The molecule has 1 aromatic rings. The third-order valence-electron chi connectivity index (χ3n) is 3.14. The van der Waals surface area contributed by atoms with E-state index in [9.17, 15) is 9.90 Å². The van der Waals surface area contributed by atoms with Crippen molar-refractivity contribution in [1.29, 1.82) is 0 Å². The first-order chi connectivity index (χ1) is 9.17. The predicted octanol–water partition coefficient (Wildman–Crippen LogP) is 2.77. The lowest BCUT2D eigenvalue weighted by molar-refractivity contribution is 0.0635. The second kappa shape index (κ2) is 4.98. The number of ether oxygens (including phenoxy) is 1. The van der Waals surface area contributed by atoms with Crippen molar-refractivity contribution in [3.63, 3.8) is 0 Å². The van der Waals surface area contributed by atoms with Gasteiger partial charge in [-0.05, 0) is 57.7 Å². The minimum absolute atomic E-state index is 0.0153. The number of anilines is 1. The number of nitrogens with one attached hydrogen (secondary N) is 1. The number of aromatic hydroxyl groups is 1. The molecule has 0 aliphatic heterocycles. The van der Waals surface area contributed by atoms with E-state index in [1.165, 1.54) is 0 Å². The zero-order chi connectivity index (χ0) is 15.0. The van der Waals surface area contributed by atoms with Gasteiger partial charge in [0.1, 0.15) is 11.4 Å². The first kappa shape index (κ1) is 14.7. The third kappa shape index (κ3) is 4.13. The average molecular weight is 278 g/mol. The molecule has 20 heavy (non-hydrogen) atoms. The van der Waals surface area contributed by atoms with E-state index in [0.29, 0.717) is 5.69 Å². The van der Waals surface area contributed by atoms with Gasteiger partial charge in [0.15, 0.2) is 0 Å². The molecule has 0 saturated heterocycles. The van der Waals surface area contributed by atoms with E-state index < -0.39 is 11.7 Å². The average Bonchev–Trinajstić information content (AvgIpc) is 2.98. The Labute approximate surface area is 119 Å². The summed E-state index contributed by atoms with van der Waals surface area (Å²) in [6, 6.07) is 5.13. The molecule has 1 aliphatic carbocycles. The molecular weight excluding hydrogens is 256 g/mol. The van der Waals surface area contributed by atoms with Gasteiger partial charge in [0.25, 0.3) is 0 Å². The third-order valence-corrected chi connectivity index (χ3v) is 3.14. The van der Waals surface area contributed by atoms with Crippen molar-refractivity contribution in [2.24, 2.45) is 5.73 Å². The van der Waals surface area contributed by atoms with Gasteiger partial charge in [-0.2, -0.15) is 0 Å². The first-order valence-electron chi connectivity index (χ1n) is 6.78. The quantitative estimate of drug-likeness (QED) is 0.742. The van der Waals surface area contributed by atoms with E-state index in [2.05, 4.69) is 5.32 Å². The SMILES string of the molecule is CC(C)(C)OC(=O)Nc1cc(CC2(N)CC2)ccc1O. The lowest BCUT2D eigenvalue weighted by atomic mass is 10.0. The van der Waals surface area contributed by atoms with Crippen molar-refractivity contribution in [1.82, 2.24) is 0 Å². The van der Waals surface area contributed by atoms with E-state index in [0.717, 1.165) is 24.8 Å². The largest absolute Gasteiger partial charge is 0.506 e. The summed E-state index contributed by atoms with van der Waals surface area (Å²) in [7, 11) is 0. The zero-order valence-electron chi connectivity index (χ0n) is 12.2. The van der Waals surface area contributed by atoms with Crippen LogP contribution in [0.1, 0.15) is 39.2 Å². The molecule has 5 heteroatoms. The highest BCUT2D eigenvalue weighted by Crippen LogP contribution is 2.37. The van der Waals surface area contributed by atoms with Crippen LogP contribution in [-0.2, 0) is 11.2 Å². The lowest BCUT2D eigenvalue weighted by Gasteiger charge is -2.20. The van der Waals surface area contributed by atoms with Crippen molar-refractivity contribution < 1.29 is 14.6 Å². The number of nitrogens with two attached hydrogens (primary N) is 1. The molecule has 1 amide bonds. The molecule has 0 unspecified atom stereocenters. The van der Waals surface area contributed by atoms with Crippen LogP contribution < -0.4 is 11.1 Å². The Morgan fingerprint density at radius 1 is 1.45 bits per heavy atom. The Bertz CT molecular complexity index is 516. The van der Waals surface area contributed by atoms with Crippen molar-refractivity contribution in [2.75, 3.05) is 5.32 Å². The van der Waals surface area contributed by atoms with E-state index in [-0.39, 0.29) is 11.3 Å². The molecule has 2 rings (SSSR count). The number of carbonyl (C=O) groups is 1. The second-order valence-electron chi connectivity index (χ2n) is 6.52. The number of amides is 1. The highest BCUT2D eigenvalue weighted by atomic mass is 16.6. The topological polar surface area (TPSA) is 84.6 Å². The monoisotopic (exact) mass is 278 g/mol. The number of benzene rings is 1. The Balaban J connectivity index is 2.06. The van der Waals surface area contributed by atoms with Crippen LogP contribution >= 0.6 is 0 Å². The molecule has 1 aliphatic rings. The van der Waals surface area contributed by atoms with E-state index >= 15 is 0 Å². The maximum Gasteiger partial charge on any atom is 0.412 e. The molecule has 110 valence electrons. The Morgan fingerprint density at radius 2 is 2.10 bits per heavy atom. The molecule has 0 spiro atoms. The molecule has 1 fully saturated rings. The van der Waals surface area contributed by atoms with E-state index in [1.54, 1.807) is 32.9 Å². The minimum Gasteiger partial charge on any atom is -0.506 e. The maximum atomic E-state index is 11.7. The minimum atomic E-state index is -0.584. The number of carbonyl (C=O) groups excluding carboxylic acids is 1. The molecule has 0 radical (unpaired) electrons. The van der Waals surface area contributed by atoms with Crippen LogP contribution in [-0.4, -0.2) is 22.3 Å². The maximum absolute atomic E-state index is 11.7. The Kier molecular flexibility index (Phi) is 3.65. The van der Waals surface area contributed by atoms with Gasteiger partial charge in [0.05, 0.1) is 5.69 Å². The smallest absolute Gasteiger partial charge is 0.412 e. The summed E-state index contributed by atoms with van der Waals surface area (Å²) in [6.45, 7) is 5.36. The van der Waals surface area contributed by atoms with Gasteiger partial charge in [-0.1, -0.05) is 6.07 Å². The number of hydrogen-bond donors (Lipinski definition) is 3. The molecule has 4 N–H and O–H groups in total. The normalized spacial score (nSPS) is 16.6. The molecule has 1 saturated carbocycles. The van der Waals surface area contributed by atoms with Crippen molar-refractivity contribution in [3.05, 3.63) is 23.8 Å². The van der Waals surface area contributed by atoms with Crippen LogP contribution in [0.4, 0.5) is 10.5 Å². The summed E-state index contributed by atoms with van der Waals surface area (Å²) >= 11 is 0. The molecule has 0 bridgehead atoms. The standard InChI is InChI=1S/C15H22N2O3/c1-14(2,3)20-13(19)17-11-8-10(4-5-12(11)18)9-15(16)6-7-15/h4-5,8,18H,6-7,9,16H2,1-3H3,(H,17,19). The highest BCUT2D eigenvalue weighted by Gasteiger charge is 2.38. The van der Waals surface area contributed by atoms with Crippen LogP contribution in [0.15, 0.2) is 18.2 Å². The van der Waals surface area contributed by atoms with Gasteiger partial charge in [-0.3, -0.25) is 5.32 Å². The van der Waals surface area contributed by atoms with Crippen LogP contribution in [0.25, 0.3) is 0 Å². The van der Waals surface area contributed by atoms with Crippen LogP contribution in [0.2, 0.25) is 0 Å². The summed E-state index contributed by atoms with van der Waals surface area (Å²) in [5, 5.41) is 12.4. The van der Waals surface area contributed by atoms with Gasteiger partial charge in [0, 0.05) is 5.54 Å². The zero-order valence-corrected chi connectivity index (χ0v) is 12.2. The molecular formula is C15H22N2O3. The van der Waals surface area contributed by atoms with Crippen LogP contribution in [0.3, 0.4) is 0 Å². The number of rotatable bonds is 3. The van der Waals surface area contributed by atoms with Crippen LogP contribution in [0.5, 0.6) is 5.75 Å². The molecule has 0 atom stereocenters. The number of hydrogen-bond acceptors (Lipinski definition) is 4. The summed E-state index contributed by atoms with van der Waals surface area (Å²) in [5.74, 6) is 0.0153. The Morgan fingerprint density at radius 3 is 2.65 bits per heavy atom. The van der Waals surface area contributed by atoms with Crippen LogP contribution in [0, 0.1) is 0 Å². The van der Waals surface area contributed by atoms with E-state index in [4.69, 9.17) is 10.5 Å². The number of phenolic OH excluding ortho intramolecular Hbond substituents is 1.